The van der Waals surface area contributed by atoms with Gasteiger partial charge in [0, 0.05) is 19.9 Å². The molecule has 2 rings (SSSR count). The van der Waals surface area contributed by atoms with Crippen molar-refractivity contribution >= 4 is 21.7 Å². The number of rotatable bonds is 4. The van der Waals surface area contributed by atoms with Crippen LogP contribution in [0.4, 0.5) is 0 Å². The number of ketones is 1. The molecule has 1 fully saturated rings. The van der Waals surface area contributed by atoms with E-state index in [0.29, 0.717) is 25.2 Å². The van der Waals surface area contributed by atoms with Gasteiger partial charge < -0.3 is 4.74 Å². The molecule has 1 saturated carbocycles. The van der Waals surface area contributed by atoms with Gasteiger partial charge in [-0.05, 0) is 35.2 Å². The zero-order valence-corrected chi connectivity index (χ0v) is 12.5. The van der Waals surface area contributed by atoms with Gasteiger partial charge >= 0.3 is 0 Å². The predicted molar refractivity (Wildman–Crippen MR) is 72.3 cm³/mol. The van der Waals surface area contributed by atoms with Crippen molar-refractivity contribution < 1.29 is 9.53 Å². The smallest absolute Gasteiger partial charge is 0.133 e. The third kappa shape index (κ3) is 3.01. The second-order valence-electron chi connectivity index (χ2n) is 4.73. The summed E-state index contributed by atoms with van der Waals surface area (Å²) < 4.78 is 8.82. The average Bonchev–Trinajstić information content (AvgIpc) is 2.64. The minimum absolute atomic E-state index is 0.217. The molecule has 1 aromatic rings. The lowest BCUT2D eigenvalue weighted by Gasteiger charge is -2.21. The molecule has 5 heteroatoms. The molecule has 0 aliphatic heterocycles. The van der Waals surface area contributed by atoms with Crippen LogP contribution in [0.5, 0.6) is 0 Å². The molecule has 0 radical (unpaired) electrons. The van der Waals surface area contributed by atoms with Crippen LogP contribution in [0.25, 0.3) is 0 Å². The Hall–Kier alpha value is -0.680. The van der Waals surface area contributed by atoms with Crippen molar-refractivity contribution in [1.82, 2.24) is 9.78 Å². The third-order valence-electron chi connectivity index (χ3n) is 3.45. The molecule has 0 amide bonds. The summed E-state index contributed by atoms with van der Waals surface area (Å²) in [5.74, 6) is 0.366. The lowest BCUT2D eigenvalue weighted by Crippen LogP contribution is -2.21. The van der Waals surface area contributed by atoms with Gasteiger partial charge in [0.15, 0.2) is 0 Å². The molecular weight excluding hydrogens is 296 g/mol. The van der Waals surface area contributed by atoms with E-state index in [9.17, 15) is 4.79 Å². The summed E-state index contributed by atoms with van der Waals surface area (Å²) in [5.41, 5.74) is 2.14. The van der Waals surface area contributed by atoms with Crippen molar-refractivity contribution in [3.05, 3.63) is 15.9 Å². The van der Waals surface area contributed by atoms with E-state index in [1.54, 1.807) is 0 Å². The molecule has 0 unspecified atom stereocenters. The predicted octanol–water partition coefficient (Wildman–Crippen LogP) is 2.77. The van der Waals surface area contributed by atoms with Gasteiger partial charge in [-0.3, -0.25) is 9.48 Å². The quantitative estimate of drug-likeness (QED) is 0.858. The summed E-state index contributed by atoms with van der Waals surface area (Å²) in [5, 5.41) is 4.44. The highest BCUT2D eigenvalue weighted by atomic mass is 79.9. The molecule has 1 heterocycles. The van der Waals surface area contributed by atoms with Crippen LogP contribution in [0.2, 0.25) is 0 Å². The summed E-state index contributed by atoms with van der Waals surface area (Å²) in [4.78, 5) is 11.2. The second-order valence-corrected chi connectivity index (χ2v) is 5.53. The standard InChI is InChI=1S/C13H19BrN2O2/c1-3-11-13(14)12(16(2)15-11)8-18-10-6-4-9(17)5-7-10/h10H,3-8H2,1-2H3. The number of nitrogens with zero attached hydrogens (tertiary/aromatic N) is 2. The number of hydrogen-bond donors (Lipinski definition) is 0. The molecule has 4 nitrogen and oxygen atoms in total. The molecular formula is C13H19BrN2O2. The molecule has 1 aromatic heterocycles. The topological polar surface area (TPSA) is 44.1 Å². The second kappa shape index (κ2) is 5.97. The first-order chi connectivity index (χ1) is 8.61. The Balaban J connectivity index is 1.94. The van der Waals surface area contributed by atoms with Gasteiger partial charge in [-0.25, -0.2) is 0 Å². The van der Waals surface area contributed by atoms with Crippen LogP contribution in [-0.4, -0.2) is 21.7 Å². The van der Waals surface area contributed by atoms with Crippen LogP contribution < -0.4 is 0 Å². The van der Waals surface area contributed by atoms with Gasteiger partial charge in [0.2, 0.25) is 0 Å². The summed E-state index contributed by atoms with van der Waals surface area (Å²) in [6.45, 7) is 2.65. The van der Waals surface area contributed by atoms with E-state index in [2.05, 4.69) is 28.0 Å². The molecule has 18 heavy (non-hydrogen) atoms. The maximum atomic E-state index is 11.2. The monoisotopic (exact) mass is 314 g/mol. The van der Waals surface area contributed by atoms with Crippen LogP contribution in [0, 0.1) is 0 Å². The molecule has 0 aromatic carbocycles. The Morgan fingerprint density at radius 3 is 2.67 bits per heavy atom. The van der Waals surface area contributed by atoms with Crippen molar-refractivity contribution in [1.29, 1.82) is 0 Å². The lowest BCUT2D eigenvalue weighted by molar-refractivity contribution is -0.123. The van der Waals surface area contributed by atoms with Gasteiger partial charge in [0.05, 0.1) is 28.6 Å². The van der Waals surface area contributed by atoms with Gasteiger partial charge in [0.25, 0.3) is 0 Å². The maximum Gasteiger partial charge on any atom is 0.133 e. The van der Waals surface area contributed by atoms with Crippen LogP contribution in [0.1, 0.15) is 44.0 Å². The number of hydrogen-bond acceptors (Lipinski definition) is 3. The first-order valence-electron chi connectivity index (χ1n) is 6.45. The fourth-order valence-corrected chi connectivity index (χ4v) is 2.98. The molecule has 1 aliphatic carbocycles. The zero-order valence-electron chi connectivity index (χ0n) is 10.9. The Labute approximate surface area is 116 Å². The Morgan fingerprint density at radius 2 is 2.11 bits per heavy atom. The van der Waals surface area contributed by atoms with Gasteiger partial charge in [-0.15, -0.1) is 0 Å². The van der Waals surface area contributed by atoms with E-state index in [0.717, 1.165) is 35.1 Å². The highest BCUT2D eigenvalue weighted by Crippen LogP contribution is 2.24. The largest absolute Gasteiger partial charge is 0.372 e. The van der Waals surface area contributed by atoms with Gasteiger partial charge in [0.1, 0.15) is 5.78 Å². The SMILES string of the molecule is CCc1nn(C)c(COC2CCC(=O)CC2)c1Br. The molecule has 0 saturated heterocycles. The number of carbonyl (C=O) groups is 1. The van der Waals surface area contributed by atoms with Gasteiger partial charge in [-0.2, -0.15) is 5.10 Å². The minimum atomic E-state index is 0.217. The Morgan fingerprint density at radius 1 is 1.44 bits per heavy atom. The number of Topliss-reactive ketones (excluding diaryl/α,β-unsaturated/α-hetero) is 1. The summed E-state index contributed by atoms with van der Waals surface area (Å²) in [6.07, 6.45) is 4.17. The Kier molecular flexibility index (Phi) is 4.56. The first kappa shape index (κ1) is 13.7. The number of aromatic nitrogens is 2. The Bertz CT molecular complexity index is 432. The van der Waals surface area contributed by atoms with Crippen molar-refractivity contribution in [2.24, 2.45) is 7.05 Å². The number of halogens is 1. The van der Waals surface area contributed by atoms with E-state index < -0.39 is 0 Å². The minimum Gasteiger partial charge on any atom is -0.372 e. The van der Waals surface area contributed by atoms with Crippen LogP contribution >= 0.6 is 15.9 Å². The van der Waals surface area contributed by atoms with E-state index in [1.165, 1.54) is 0 Å². The molecule has 0 bridgehead atoms. The van der Waals surface area contributed by atoms with Gasteiger partial charge in [-0.1, -0.05) is 6.92 Å². The molecule has 0 N–H and O–H groups in total. The van der Waals surface area contributed by atoms with Crippen LogP contribution in [0.3, 0.4) is 0 Å². The number of ether oxygens (including phenoxy) is 1. The molecule has 0 spiro atoms. The normalized spacial score (nSPS) is 17.4. The van der Waals surface area contributed by atoms with E-state index >= 15 is 0 Å². The lowest BCUT2D eigenvalue weighted by atomic mass is 9.96. The number of aryl methyl sites for hydroxylation is 2. The fraction of sp³-hybridized carbons (Fsp3) is 0.692. The van der Waals surface area contributed by atoms with Crippen LogP contribution in [0.15, 0.2) is 4.47 Å². The summed E-state index contributed by atoms with van der Waals surface area (Å²) in [6, 6.07) is 0. The van der Waals surface area contributed by atoms with Crippen molar-refractivity contribution in [3.8, 4) is 0 Å². The molecule has 0 atom stereocenters. The van der Waals surface area contributed by atoms with Crippen molar-refractivity contribution in [2.75, 3.05) is 0 Å². The zero-order chi connectivity index (χ0) is 13.1. The first-order valence-corrected chi connectivity index (χ1v) is 7.24. The summed E-state index contributed by atoms with van der Waals surface area (Å²) in [7, 11) is 1.94. The third-order valence-corrected chi connectivity index (χ3v) is 4.36. The van der Waals surface area contributed by atoms with E-state index in [1.807, 2.05) is 11.7 Å². The van der Waals surface area contributed by atoms with Crippen molar-refractivity contribution in [2.45, 2.75) is 51.7 Å². The average molecular weight is 315 g/mol. The fourth-order valence-electron chi connectivity index (χ4n) is 2.25. The highest BCUT2D eigenvalue weighted by Gasteiger charge is 2.20. The maximum absolute atomic E-state index is 11.2. The molecule has 100 valence electrons. The summed E-state index contributed by atoms with van der Waals surface area (Å²) >= 11 is 3.58. The number of carbonyl (C=O) groups excluding carboxylic acids is 1. The van der Waals surface area contributed by atoms with E-state index in [-0.39, 0.29) is 6.10 Å². The van der Waals surface area contributed by atoms with Crippen LogP contribution in [-0.2, 0) is 29.6 Å². The van der Waals surface area contributed by atoms with E-state index in [4.69, 9.17) is 4.74 Å². The highest BCUT2D eigenvalue weighted by molar-refractivity contribution is 9.10. The van der Waals surface area contributed by atoms with Crippen molar-refractivity contribution in [3.63, 3.8) is 0 Å². The molecule has 1 aliphatic rings.